The summed E-state index contributed by atoms with van der Waals surface area (Å²) >= 11 is 0. The SMILES string of the molecule is CCC(N)Cn1nc(-c2ccc(C)cc2)c2ccccc2c1=O. The van der Waals surface area contributed by atoms with Crippen molar-refractivity contribution >= 4 is 10.8 Å². The summed E-state index contributed by atoms with van der Waals surface area (Å²) in [6.45, 7) is 4.49. The molecule has 0 radical (unpaired) electrons. The molecule has 4 heteroatoms. The van der Waals surface area contributed by atoms with Gasteiger partial charge in [0.05, 0.1) is 17.6 Å². The summed E-state index contributed by atoms with van der Waals surface area (Å²) in [5.41, 5.74) is 8.97. The Labute approximate surface area is 135 Å². The first-order valence-electron chi connectivity index (χ1n) is 7.92. The Morgan fingerprint density at radius 1 is 1.09 bits per heavy atom. The Kier molecular flexibility index (Phi) is 4.26. The Morgan fingerprint density at radius 3 is 2.39 bits per heavy atom. The van der Waals surface area contributed by atoms with Gasteiger partial charge in [-0.3, -0.25) is 4.79 Å². The van der Waals surface area contributed by atoms with Crippen LogP contribution in [0.3, 0.4) is 0 Å². The van der Waals surface area contributed by atoms with Crippen LogP contribution in [0.15, 0.2) is 53.3 Å². The normalized spacial score (nSPS) is 12.5. The molecular formula is C19H21N3O. The Hall–Kier alpha value is -2.46. The average molecular weight is 307 g/mol. The van der Waals surface area contributed by atoms with E-state index < -0.39 is 0 Å². The first kappa shape index (κ1) is 15.4. The van der Waals surface area contributed by atoms with Crippen molar-refractivity contribution in [1.82, 2.24) is 9.78 Å². The standard InChI is InChI=1S/C19H21N3O/c1-3-15(20)12-22-19(23)17-7-5-4-6-16(17)18(21-22)14-10-8-13(2)9-11-14/h4-11,15H,3,12,20H2,1-2H3. The second-order valence-electron chi connectivity index (χ2n) is 5.92. The highest BCUT2D eigenvalue weighted by atomic mass is 16.1. The maximum atomic E-state index is 12.7. The molecule has 0 amide bonds. The van der Waals surface area contributed by atoms with Crippen molar-refractivity contribution in [3.8, 4) is 11.3 Å². The van der Waals surface area contributed by atoms with Gasteiger partial charge in [-0.2, -0.15) is 5.10 Å². The van der Waals surface area contributed by atoms with Crippen LogP contribution in [0.1, 0.15) is 18.9 Å². The first-order chi connectivity index (χ1) is 11.1. The van der Waals surface area contributed by atoms with E-state index in [0.717, 1.165) is 23.1 Å². The van der Waals surface area contributed by atoms with Crippen LogP contribution < -0.4 is 11.3 Å². The third kappa shape index (κ3) is 3.03. The number of nitrogens with zero attached hydrogens (tertiary/aromatic N) is 2. The van der Waals surface area contributed by atoms with Crippen LogP contribution in [-0.2, 0) is 6.54 Å². The van der Waals surface area contributed by atoms with Crippen LogP contribution in [0.4, 0.5) is 0 Å². The summed E-state index contributed by atoms with van der Waals surface area (Å²) in [5.74, 6) is 0. The molecule has 2 N–H and O–H groups in total. The molecule has 118 valence electrons. The second kappa shape index (κ2) is 6.34. The lowest BCUT2D eigenvalue weighted by Crippen LogP contribution is -2.33. The summed E-state index contributed by atoms with van der Waals surface area (Å²) in [5, 5.41) is 6.17. The number of aromatic nitrogens is 2. The molecule has 1 atom stereocenters. The largest absolute Gasteiger partial charge is 0.326 e. The summed E-state index contributed by atoms with van der Waals surface area (Å²) in [4.78, 5) is 12.7. The molecule has 0 spiro atoms. The molecule has 23 heavy (non-hydrogen) atoms. The first-order valence-corrected chi connectivity index (χ1v) is 7.92. The fourth-order valence-corrected chi connectivity index (χ4v) is 2.63. The minimum Gasteiger partial charge on any atom is -0.326 e. The van der Waals surface area contributed by atoms with Crippen LogP contribution in [0.2, 0.25) is 0 Å². The fraction of sp³-hybridized carbons (Fsp3) is 0.263. The highest BCUT2D eigenvalue weighted by molar-refractivity contribution is 5.93. The van der Waals surface area contributed by atoms with E-state index in [1.54, 1.807) is 0 Å². The molecule has 4 nitrogen and oxygen atoms in total. The van der Waals surface area contributed by atoms with E-state index in [0.29, 0.717) is 11.9 Å². The zero-order valence-corrected chi connectivity index (χ0v) is 13.5. The second-order valence-corrected chi connectivity index (χ2v) is 5.92. The number of nitrogens with two attached hydrogens (primary N) is 1. The molecule has 0 saturated carbocycles. The van der Waals surface area contributed by atoms with Gasteiger partial charge in [-0.1, -0.05) is 55.0 Å². The monoisotopic (exact) mass is 307 g/mol. The van der Waals surface area contributed by atoms with Crippen molar-refractivity contribution in [2.24, 2.45) is 5.73 Å². The van der Waals surface area contributed by atoms with E-state index in [4.69, 9.17) is 5.73 Å². The van der Waals surface area contributed by atoms with E-state index in [2.05, 4.69) is 24.2 Å². The van der Waals surface area contributed by atoms with Gasteiger partial charge in [-0.15, -0.1) is 0 Å². The van der Waals surface area contributed by atoms with Crippen molar-refractivity contribution in [3.63, 3.8) is 0 Å². The number of fused-ring (bicyclic) bond motifs is 1. The number of benzene rings is 2. The van der Waals surface area contributed by atoms with Gasteiger partial charge < -0.3 is 5.73 Å². The minimum absolute atomic E-state index is 0.0766. The number of hydrogen-bond acceptors (Lipinski definition) is 3. The Morgan fingerprint density at radius 2 is 1.74 bits per heavy atom. The van der Waals surface area contributed by atoms with Crippen molar-refractivity contribution in [2.75, 3.05) is 0 Å². The molecule has 3 aromatic rings. The molecule has 0 bridgehead atoms. The van der Waals surface area contributed by atoms with Gasteiger partial charge in [-0.25, -0.2) is 4.68 Å². The molecule has 0 aliphatic rings. The van der Waals surface area contributed by atoms with Crippen molar-refractivity contribution in [3.05, 3.63) is 64.4 Å². The third-order valence-electron chi connectivity index (χ3n) is 4.12. The Bertz CT molecular complexity index is 881. The van der Waals surface area contributed by atoms with E-state index in [1.807, 2.05) is 43.3 Å². The quantitative estimate of drug-likeness (QED) is 0.805. The summed E-state index contributed by atoms with van der Waals surface area (Å²) < 4.78 is 1.51. The molecule has 0 aliphatic carbocycles. The lowest BCUT2D eigenvalue weighted by Gasteiger charge is -2.14. The predicted octanol–water partition coefficient (Wildman–Crippen LogP) is 3.11. The lowest BCUT2D eigenvalue weighted by atomic mass is 10.0. The van der Waals surface area contributed by atoms with Gasteiger partial charge in [0.1, 0.15) is 0 Å². The molecular weight excluding hydrogens is 286 g/mol. The molecule has 0 aliphatic heterocycles. The minimum atomic E-state index is -0.0830. The maximum Gasteiger partial charge on any atom is 0.274 e. The van der Waals surface area contributed by atoms with Crippen molar-refractivity contribution < 1.29 is 0 Å². The number of hydrogen-bond donors (Lipinski definition) is 1. The van der Waals surface area contributed by atoms with Crippen LogP contribution in [0.5, 0.6) is 0 Å². The molecule has 1 unspecified atom stereocenters. The molecule has 1 heterocycles. The van der Waals surface area contributed by atoms with Gasteiger partial charge in [-0.05, 0) is 19.4 Å². The lowest BCUT2D eigenvalue weighted by molar-refractivity contribution is 0.485. The van der Waals surface area contributed by atoms with E-state index in [9.17, 15) is 4.79 Å². The zero-order valence-electron chi connectivity index (χ0n) is 13.5. The molecule has 2 aromatic carbocycles. The number of rotatable bonds is 4. The smallest absolute Gasteiger partial charge is 0.274 e. The van der Waals surface area contributed by atoms with Gasteiger partial charge in [0.2, 0.25) is 0 Å². The van der Waals surface area contributed by atoms with Gasteiger partial charge in [0.15, 0.2) is 0 Å². The zero-order chi connectivity index (χ0) is 16.4. The van der Waals surface area contributed by atoms with Crippen molar-refractivity contribution in [2.45, 2.75) is 32.9 Å². The maximum absolute atomic E-state index is 12.7. The summed E-state index contributed by atoms with van der Waals surface area (Å²) in [6, 6.07) is 15.7. The molecule has 0 saturated heterocycles. The third-order valence-corrected chi connectivity index (χ3v) is 4.12. The summed E-state index contributed by atoms with van der Waals surface area (Å²) in [7, 11) is 0. The molecule has 0 fully saturated rings. The average Bonchev–Trinajstić information content (AvgIpc) is 2.58. The predicted molar refractivity (Wildman–Crippen MR) is 94.4 cm³/mol. The highest BCUT2D eigenvalue weighted by Crippen LogP contribution is 2.24. The van der Waals surface area contributed by atoms with Gasteiger partial charge in [0.25, 0.3) is 5.56 Å². The van der Waals surface area contributed by atoms with Gasteiger partial charge >= 0.3 is 0 Å². The van der Waals surface area contributed by atoms with Gasteiger partial charge in [0, 0.05) is 17.0 Å². The van der Waals surface area contributed by atoms with Crippen molar-refractivity contribution in [1.29, 1.82) is 0 Å². The summed E-state index contributed by atoms with van der Waals surface area (Å²) in [6.07, 6.45) is 0.806. The van der Waals surface area contributed by atoms with Crippen LogP contribution >= 0.6 is 0 Å². The number of aryl methyl sites for hydroxylation is 1. The highest BCUT2D eigenvalue weighted by Gasteiger charge is 2.13. The van der Waals surface area contributed by atoms with Crippen LogP contribution in [-0.4, -0.2) is 15.8 Å². The van der Waals surface area contributed by atoms with Crippen LogP contribution in [0, 0.1) is 6.92 Å². The van der Waals surface area contributed by atoms with Crippen LogP contribution in [0.25, 0.3) is 22.0 Å². The fourth-order valence-electron chi connectivity index (χ4n) is 2.63. The Balaban J connectivity index is 2.25. The van der Waals surface area contributed by atoms with E-state index >= 15 is 0 Å². The topological polar surface area (TPSA) is 60.9 Å². The molecule has 3 rings (SSSR count). The van der Waals surface area contributed by atoms with E-state index in [-0.39, 0.29) is 11.6 Å². The molecule has 1 aromatic heterocycles. The van der Waals surface area contributed by atoms with E-state index in [1.165, 1.54) is 10.2 Å².